The third-order valence-electron chi connectivity index (χ3n) is 5.31. The van der Waals surface area contributed by atoms with E-state index in [2.05, 4.69) is 10.3 Å². The van der Waals surface area contributed by atoms with Crippen molar-refractivity contribution < 1.29 is 19.1 Å². The summed E-state index contributed by atoms with van der Waals surface area (Å²) in [7, 11) is 0. The number of aromatic amines is 1. The van der Waals surface area contributed by atoms with Gasteiger partial charge in [-0.05, 0) is 55.5 Å². The first kappa shape index (κ1) is 19.6. The summed E-state index contributed by atoms with van der Waals surface area (Å²) in [5.41, 5.74) is 2.79. The van der Waals surface area contributed by atoms with Crippen LogP contribution in [0.3, 0.4) is 0 Å². The number of hydrogen-bond donors (Lipinski definition) is 2. The molecule has 0 atom stereocenters. The van der Waals surface area contributed by atoms with E-state index in [4.69, 9.17) is 4.74 Å². The Hall–Kier alpha value is -4.39. The molecule has 4 aromatic rings. The Morgan fingerprint density at radius 2 is 1.69 bits per heavy atom. The minimum absolute atomic E-state index is 0.335. The lowest BCUT2D eigenvalue weighted by Gasteiger charge is -2.15. The molecule has 7 nitrogen and oxygen atoms in total. The first-order valence-electron chi connectivity index (χ1n) is 10.2. The topological polar surface area (TPSA) is 91.5 Å². The number of benzene rings is 3. The van der Waals surface area contributed by atoms with E-state index in [-0.39, 0.29) is 17.7 Å². The minimum atomic E-state index is -0.380. The van der Waals surface area contributed by atoms with Gasteiger partial charge >= 0.3 is 0 Å². The summed E-state index contributed by atoms with van der Waals surface area (Å²) >= 11 is 0. The zero-order valence-corrected chi connectivity index (χ0v) is 17.2. The Bertz CT molecular complexity index is 1350. The molecule has 3 amide bonds. The van der Waals surface area contributed by atoms with Crippen molar-refractivity contribution in [1.82, 2.24) is 4.98 Å². The number of aromatic nitrogens is 1. The molecule has 2 heterocycles. The number of nitrogens with zero attached hydrogens (tertiary/aromatic N) is 1. The Kier molecular flexibility index (Phi) is 4.71. The number of H-pyrrole nitrogens is 1. The number of nitrogens with one attached hydrogen (secondary N) is 2. The Balaban J connectivity index is 1.39. The second kappa shape index (κ2) is 7.70. The number of hydrogen-bond acceptors (Lipinski definition) is 4. The van der Waals surface area contributed by atoms with Crippen LogP contribution in [0.5, 0.6) is 5.75 Å². The molecular formula is C25H19N3O4. The van der Waals surface area contributed by atoms with Crippen molar-refractivity contribution in [3.63, 3.8) is 0 Å². The van der Waals surface area contributed by atoms with Gasteiger partial charge in [0, 0.05) is 22.7 Å². The summed E-state index contributed by atoms with van der Waals surface area (Å²) in [5, 5.41) is 3.71. The van der Waals surface area contributed by atoms with Gasteiger partial charge in [0.05, 0.1) is 23.4 Å². The lowest BCUT2D eigenvalue weighted by molar-refractivity contribution is 0.0925. The molecule has 1 aromatic heterocycles. The second-order valence-electron chi connectivity index (χ2n) is 7.36. The molecule has 1 aliphatic rings. The second-order valence-corrected chi connectivity index (χ2v) is 7.36. The fourth-order valence-electron chi connectivity index (χ4n) is 3.83. The highest BCUT2D eigenvalue weighted by Crippen LogP contribution is 2.30. The largest absolute Gasteiger partial charge is 0.494 e. The van der Waals surface area contributed by atoms with Crippen LogP contribution < -0.4 is 15.0 Å². The van der Waals surface area contributed by atoms with Crippen LogP contribution in [0.2, 0.25) is 0 Å². The van der Waals surface area contributed by atoms with Gasteiger partial charge in [-0.15, -0.1) is 0 Å². The summed E-state index contributed by atoms with van der Waals surface area (Å²) in [4.78, 5) is 42.5. The number of rotatable bonds is 5. The SMILES string of the molecule is CCOc1ccc2cc(C(=O)Nc3cccc(N4C(=O)c5ccccc5C4=O)c3)[nH]c2c1. The maximum absolute atomic E-state index is 12.8. The number of fused-ring (bicyclic) bond motifs is 2. The monoisotopic (exact) mass is 425 g/mol. The average molecular weight is 425 g/mol. The van der Waals surface area contributed by atoms with E-state index in [0.29, 0.717) is 34.8 Å². The van der Waals surface area contributed by atoms with Crippen molar-refractivity contribution in [2.75, 3.05) is 16.8 Å². The average Bonchev–Trinajstić information content (AvgIpc) is 3.33. The summed E-state index contributed by atoms with van der Waals surface area (Å²) in [5.74, 6) is -0.370. The van der Waals surface area contributed by atoms with Gasteiger partial charge in [-0.25, -0.2) is 4.90 Å². The van der Waals surface area contributed by atoms with Crippen molar-refractivity contribution in [1.29, 1.82) is 0 Å². The van der Waals surface area contributed by atoms with Crippen LogP contribution in [0.1, 0.15) is 38.1 Å². The predicted octanol–water partition coefficient (Wildman–Crippen LogP) is 4.62. The fourth-order valence-corrected chi connectivity index (χ4v) is 3.83. The molecule has 1 aliphatic heterocycles. The number of anilines is 2. The third kappa shape index (κ3) is 3.30. The van der Waals surface area contributed by atoms with Gasteiger partial charge in [-0.1, -0.05) is 18.2 Å². The van der Waals surface area contributed by atoms with Crippen LogP contribution in [0.25, 0.3) is 10.9 Å². The molecule has 0 aliphatic carbocycles. The van der Waals surface area contributed by atoms with Crippen molar-refractivity contribution in [2.24, 2.45) is 0 Å². The standard InChI is InChI=1S/C25H19N3O4/c1-2-32-18-11-10-15-12-22(27-21(15)14-18)23(29)26-16-6-5-7-17(13-16)28-24(30)19-8-3-4-9-20(19)25(28)31/h3-14,27H,2H2,1H3,(H,26,29). The summed E-state index contributed by atoms with van der Waals surface area (Å²) in [6, 6.07) is 20.7. The number of imide groups is 1. The highest BCUT2D eigenvalue weighted by atomic mass is 16.5. The predicted molar refractivity (Wildman–Crippen MR) is 121 cm³/mol. The lowest BCUT2D eigenvalue weighted by atomic mass is 10.1. The van der Waals surface area contributed by atoms with Crippen molar-refractivity contribution >= 4 is 40.0 Å². The molecule has 3 aromatic carbocycles. The Morgan fingerprint density at radius 3 is 2.41 bits per heavy atom. The quantitative estimate of drug-likeness (QED) is 0.457. The van der Waals surface area contributed by atoms with Crippen molar-refractivity contribution in [3.05, 3.63) is 89.6 Å². The normalized spacial score (nSPS) is 12.8. The van der Waals surface area contributed by atoms with E-state index in [1.54, 1.807) is 54.6 Å². The molecule has 0 bridgehead atoms. The highest BCUT2D eigenvalue weighted by Gasteiger charge is 2.36. The molecule has 0 fully saturated rings. The molecule has 0 saturated heterocycles. The van der Waals surface area contributed by atoms with Gasteiger partial charge in [0.1, 0.15) is 11.4 Å². The Labute approximate surface area is 183 Å². The smallest absolute Gasteiger partial charge is 0.272 e. The summed E-state index contributed by atoms with van der Waals surface area (Å²) in [6.07, 6.45) is 0. The van der Waals surface area contributed by atoms with Crippen molar-refractivity contribution in [2.45, 2.75) is 6.92 Å². The van der Waals surface area contributed by atoms with Crippen LogP contribution in [0, 0.1) is 0 Å². The van der Waals surface area contributed by atoms with E-state index in [1.165, 1.54) is 0 Å². The third-order valence-corrected chi connectivity index (χ3v) is 5.31. The highest BCUT2D eigenvalue weighted by molar-refractivity contribution is 6.34. The van der Waals surface area contributed by atoms with E-state index in [0.717, 1.165) is 21.6 Å². The number of carbonyl (C=O) groups excluding carboxylic acids is 3. The van der Waals surface area contributed by atoms with Crippen LogP contribution in [0.15, 0.2) is 72.8 Å². The molecule has 0 unspecified atom stereocenters. The van der Waals surface area contributed by atoms with Crippen LogP contribution in [-0.2, 0) is 0 Å². The zero-order valence-electron chi connectivity index (χ0n) is 17.2. The minimum Gasteiger partial charge on any atom is -0.494 e. The van der Waals surface area contributed by atoms with Crippen LogP contribution in [-0.4, -0.2) is 29.3 Å². The van der Waals surface area contributed by atoms with E-state index >= 15 is 0 Å². The Morgan fingerprint density at radius 1 is 0.938 bits per heavy atom. The number of ether oxygens (including phenoxy) is 1. The first-order chi connectivity index (χ1) is 15.5. The molecule has 32 heavy (non-hydrogen) atoms. The van der Waals surface area contributed by atoms with Crippen LogP contribution >= 0.6 is 0 Å². The van der Waals surface area contributed by atoms with E-state index < -0.39 is 0 Å². The van der Waals surface area contributed by atoms with Gasteiger partial charge in [0.2, 0.25) is 0 Å². The molecule has 7 heteroatoms. The molecule has 0 spiro atoms. The maximum atomic E-state index is 12.8. The van der Waals surface area contributed by atoms with Crippen molar-refractivity contribution in [3.8, 4) is 5.75 Å². The zero-order chi connectivity index (χ0) is 22.2. The number of carbonyl (C=O) groups is 3. The van der Waals surface area contributed by atoms with Gasteiger partial charge in [-0.2, -0.15) is 0 Å². The van der Waals surface area contributed by atoms with E-state index in [1.807, 2.05) is 25.1 Å². The van der Waals surface area contributed by atoms with E-state index in [9.17, 15) is 14.4 Å². The first-order valence-corrected chi connectivity index (χ1v) is 10.2. The van der Waals surface area contributed by atoms with Gasteiger partial charge in [-0.3, -0.25) is 14.4 Å². The molecular weight excluding hydrogens is 406 g/mol. The lowest BCUT2D eigenvalue weighted by Crippen LogP contribution is -2.29. The van der Waals surface area contributed by atoms with Gasteiger partial charge < -0.3 is 15.0 Å². The molecule has 158 valence electrons. The van der Waals surface area contributed by atoms with Gasteiger partial charge in [0.15, 0.2) is 0 Å². The van der Waals surface area contributed by atoms with Gasteiger partial charge in [0.25, 0.3) is 17.7 Å². The summed E-state index contributed by atoms with van der Waals surface area (Å²) < 4.78 is 5.50. The molecule has 0 radical (unpaired) electrons. The fraction of sp³-hybridized carbons (Fsp3) is 0.0800. The molecule has 2 N–H and O–H groups in total. The molecule has 0 saturated carbocycles. The molecule has 5 rings (SSSR count). The maximum Gasteiger partial charge on any atom is 0.272 e. The summed E-state index contributed by atoms with van der Waals surface area (Å²) in [6.45, 7) is 2.47. The van der Waals surface area contributed by atoms with Crippen LogP contribution in [0.4, 0.5) is 11.4 Å². The number of amides is 3.